The first-order valence-corrected chi connectivity index (χ1v) is 8.48. The SMILES string of the molecule is COc1cc([N+](=O)[O-])ccc1N1C[C@@H](C(=O)Nc2ccc([N+](=O)[O-])cc2)CC1=O. The van der Waals surface area contributed by atoms with Crippen LogP contribution in [0.5, 0.6) is 5.75 Å². The molecule has 11 heteroatoms. The second-order valence-electron chi connectivity index (χ2n) is 6.31. The molecule has 1 saturated heterocycles. The lowest BCUT2D eigenvalue weighted by molar-refractivity contribution is -0.385. The van der Waals surface area contributed by atoms with E-state index in [0.717, 1.165) is 0 Å². The van der Waals surface area contributed by atoms with Crippen LogP contribution in [0.1, 0.15) is 6.42 Å². The summed E-state index contributed by atoms with van der Waals surface area (Å²) in [7, 11) is 1.34. The van der Waals surface area contributed by atoms with Gasteiger partial charge in [-0.1, -0.05) is 0 Å². The van der Waals surface area contributed by atoms with Crippen molar-refractivity contribution in [2.45, 2.75) is 6.42 Å². The summed E-state index contributed by atoms with van der Waals surface area (Å²) in [6, 6.07) is 9.23. The van der Waals surface area contributed by atoms with Crippen LogP contribution in [0, 0.1) is 26.1 Å². The molecule has 0 radical (unpaired) electrons. The lowest BCUT2D eigenvalue weighted by atomic mass is 10.1. The number of methoxy groups -OCH3 is 1. The predicted octanol–water partition coefficient (Wildman–Crippen LogP) is 2.50. The molecule has 2 aromatic rings. The highest BCUT2D eigenvalue weighted by Gasteiger charge is 2.36. The molecule has 1 aliphatic heterocycles. The molecule has 2 amide bonds. The molecule has 0 aromatic heterocycles. The van der Waals surface area contributed by atoms with Crippen LogP contribution in [0.15, 0.2) is 42.5 Å². The molecule has 0 spiro atoms. The van der Waals surface area contributed by atoms with Crippen LogP contribution in [0.3, 0.4) is 0 Å². The number of nitrogens with one attached hydrogen (secondary N) is 1. The van der Waals surface area contributed by atoms with E-state index in [-0.39, 0.29) is 36.0 Å². The van der Waals surface area contributed by atoms with Crippen molar-refractivity contribution >= 4 is 34.6 Å². The Balaban J connectivity index is 1.73. The molecular formula is C18H16N4O7. The molecule has 1 aliphatic rings. The Morgan fingerprint density at radius 2 is 1.72 bits per heavy atom. The number of benzene rings is 2. The number of nitro groups is 2. The van der Waals surface area contributed by atoms with Crippen LogP contribution < -0.4 is 15.0 Å². The molecule has 150 valence electrons. The van der Waals surface area contributed by atoms with Gasteiger partial charge in [0.1, 0.15) is 5.75 Å². The predicted molar refractivity (Wildman–Crippen MR) is 102 cm³/mol. The van der Waals surface area contributed by atoms with Crippen LogP contribution in [-0.2, 0) is 9.59 Å². The van der Waals surface area contributed by atoms with Crippen molar-refractivity contribution in [2.24, 2.45) is 5.92 Å². The lowest BCUT2D eigenvalue weighted by Gasteiger charge is -2.19. The molecule has 11 nitrogen and oxygen atoms in total. The monoisotopic (exact) mass is 400 g/mol. The summed E-state index contributed by atoms with van der Waals surface area (Å²) < 4.78 is 5.16. The van der Waals surface area contributed by atoms with Gasteiger partial charge < -0.3 is 15.0 Å². The minimum absolute atomic E-state index is 0.0427. The van der Waals surface area contributed by atoms with Gasteiger partial charge in [0.05, 0.1) is 34.6 Å². The number of carbonyl (C=O) groups excluding carboxylic acids is 2. The zero-order valence-electron chi connectivity index (χ0n) is 15.2. The van der Waals surface area contributed by atoms with Gasteiger partial charge in [-0.15, -0.1) is 0 Å². The molecule has 2 aromatic carbocycles. The number of hydrogen-bond acceptors (Lipinski definition) is 7. The van der Waals surface area contributed by atoms with Gasteiger partial charge in [0.2, 0.25) is 11.8 Å². The van der Waals surface area contributed by atoms with Gasteiger partial charge >= 0.3 is 0 Å². The van der Waals surface area contributed by atoms with Gasteiger partial charge in [-0.05, 0) is 18.2 Å². The Labute approximate surface area is 164 Å². The number of nitrogens with zero attached hydrogens (tertiary/aromatic N) is 3. The van der Waals surface area contributed by atoms with E-state index in [4.69, 9.17) is 4.74 Å². The molecular weight excluding hydrogens is 384 g/mol. The normalized spacial score (nSPS) is 15.8. The minimum atomic E-state index is -0.655. The van der Waals surface area contributed by atoms with Crippen LogP contribution in [0.4, 0.5) is 22.7 Å². The van der Waals surface area contributed by atoms with E-state index in [1.54, 1.807) is 0 Å². The molecule has 0 aliphatic carbocycles. The highest BCUT2D eigenvalue weighted by Crippen LogP contribution is 2.36. The summed E-state index contributed by atoms with van der Waals surface area (Å²) in [6.45, 7) is 0.0752. The number of amides is 2. The second-order valence-corrected chi connectivity index (χ2v) is 6.31. The first kappa shape index (κ1) is 19.7. The van der Waals surface area contributed by atoms with Gasteiger partial charge in [0, 0.05) is 36.9 Å². The topological polar surface area (TPSA) is 145 Å². The van der Waals surface area contributed by atoms with Gasteiger partial charge in [-0.2, -0.15) is 0 Å². The van der Waals surface area contributed by atoms with Crippen molar-refractivity contribution in [1.29, 1.82) is 0 Å². The summed E-state index contributed by atoms with van der Waals surface area (Å²) >= 11 is 0. The van der Waals surface area contributed by atoms with Crippen molar-refractivity contribution < 1.29 is 24.2 Å². The van der Waals surface area contributed by atoms with Crippen molar-refractivity contribution in [3.8, 4) is 5.75 Å². The number of carbonyl (C=O) groups is 2. The van der Waals surface area contributed by atoms with Gasteiger partial charge in [-0.25, -0.2) is 0 Å². The van der Waals surface area contributed by atoms with Crippen LogP contribution in [0.2, 0.25) is 0 Å². The Hall–Kier alpha value is -4.02. The average molecular weight is 400 g/mol. The lowest BCUT2D eigenvalue weighted by Crippen LogP contribution is -2.28. The second kappa shape index (κ2) is 7.92. The standard InChI is InChI=1S/C18H16N4O7/c1-29-16-9-14(22(27)28)6-7-15(16)20-10-11(8-17(20)23)18(24)19-12-2-4-13(5-3-12)21(25)26/h2-7,9,11H,8,10H2,1H3,(H,19,24)/t11-/m0/s1. The number of non-ortho nitro benzene ring substituents is 2. The number of hydrogen-bond donors (Lipinski definition) is 1. The maximum Gasteiger partial charge on any atom is 0.273 e. The number of ether oxygens (including phenoxy) is 1. The Morgan fingerprint density at radius 1 is 1.10 bits per heavy atom. The molecule has 1 atom stereocenters. The van der Waals surface area contributed by atoms with E-state index in [0.29, 0.717) is 11.4 Å². The van der Waals surface area contributed by atoms with E-state index in [1.165, 1.54) is 54.5 Å². The highest BCUT2D eigenvalue weighted by molar-refractivity contribution is 6.04. The summed E-state index contributed by atoms with van der Waals surface area (Å²) in [6.07, 6.45) is -0.0427. The van der Waals surface area contributed by atoms with Gasteiger partial charge in [-0.3, -0.25) is 29.8 Å². The third-order valence-corrected chi connectivity index (χ3v) is 4.51. The summed E-state index contributed by atoms with van der Waals surface area (Å²) in [5.74, 6) is -1.22. The third-order valence-electron chi connectivity index (χ3n) is 4.51. The minimum Gasteiger partial charge on any atom is -0.494 e. The van der Waals surface area contributed by atoms with Crippen molar-refractivity contribution in [2.75, 3.05) is 23.9 Å². The molecule has 29 heavy (non-hydrogen) atoms. The fraction of sp³-hybridized carbons (Fsp3) is 0.222. The molecule has 0 saturated carbocycles. The molecule has 3 rings (SSSR count). The molecule has 1 N–H and O–H groups in total. The van der Waals surface area contributed by atoms with E-state index in [9.17, 15) is 29.8 Å². The van der Waals surface area contributed by atoms with Crippen molar-refractivity contribution in [3.05, 3.63) is 62.7 Å². The molecule has 0 bridgehead atoms. The Morgan fingerprint density at radius 3 is 2.31 bits per heavy atom. The third kappa shape index (κ3) is 4.13. The smallest absolute Gasteiger partial charge is 0.273 e. The zero-order chi connectivity index (χ0) is 21.1. The van der Waals surface area contributed by atoms with E-state index in [2.05, 4.69) is 5.32 Å². The van der Waals surface area contributed by atoms with Crippen LogP contribution in [-0.4, -0.2) is 35.3 Å². The molecule has 0 unspecified atom stereocenters. The number of anilines is 2. The summed E-state index contributed by atoms with van der Waals surface area (Å²) in [4.78, 5) is 46.8. The van der Waals surface area contributed by atoms with Crippen LogP contribution >= 0.6 is 0 Å². The molecule has 1 fully saturated rings. The highest BCUT2D eigenvalue weighted by atomic mass is 16.6. The number of nitro benzene ring substituents is 2. The largest absolute Gasteiger partial charge is 0.494 e. The summed E-state index contributed by atoms with van der Waals surface area (Å²) in [5, 5.41) is 24.2. The van der Waals surface area contributed by atoms with Gasteiger partial charge in [0.25, 0.3) is 11.4 Å². The first-order chi connectivity index (χ1) is 13.8. The Bertz CT molecular complexity index is 990. The maximum absolute atomic E-state index is 12.5. The molecule has 1 heterocycles. The van der Waals surface area contributed by atoms with Crippen molar-refractivity contribution in [3.63, 3.8) is 0 Å². The fourth-order valence-electron chi connectivity index (χ4n) is 3.03. The van der Waals surface area contributed by atoms with Gasteiger partial charge in [0.15, 0.2) is 0 Å². The van der Waals surface area contributed by atoms with E-state index < -0.39 is 21.7 Å². The Kier molecular flexibility index (Phi) is 5.39. The maximum atomic E-state index is 12.5. The first-order valence-electron chi connectivity index (χ1n) is 8.48. The quantitative estimate of drug-likeness (QED) is 0.579. The average Bonchev–Trinajstić information content (AvgIpc) is 3.09. The number of rotatable bonds is 6. The zero-order valence-corrected chi connectivity index (χ0v) is 15.2. The van der Waals surface area contributed by atoms with Crippen molar-refractivity contribution in [1.82, 2.24) is 0 Å². The van der Waals surface area contributed by atoms with Crippen LogP contribution in [0.25, 0.3) is 0 Å². The van der Waals surface area contributed by atoms with E-state index >= 15 is 0 Å². The fourth-order valence-corrected chi connectivity index (χ4v) is 3.03. The summed E-state index contributed by atoms with van der Waals surface area (Å²) in [5.41, 5.74) is 0.438. The van der Waals surface area contributed by atoms with E-state index in [1.807, 2.05) is 0 Å².